The van der Waals surface area contributed by atoms with Gasteiger partial charge in [0.1, 0.15) is 11.5 Å². The molecule has 2 aromatic carbocycles. The lowest BCUT2D eigenvalue weighted by Gasteiger charge is -2.40. The maximum atomic E-state index is 11.8. The Morgan fingerprint density at radius 3 is 1.35 bits per heavy atom. The molecule has 2 aromatic rings. The molecule has 0 spiro atoms. The van der Waals surface area contributed by atoms with Gasteiger partial charge in [0, 0.05) is 18.5 Å². The van der Waals surface area contributed by atoms with Gasteiger partial charge in [-0.3, -0.25) is 9.59 Å². The fourth-order valence-corrected chi connectivity index (χ4v) is 7.47. The van der Waals surface area contributed by atoms with Gasteiger partial charge in [0.05, 0.1) is 54.6 Å². The number of carboxylic acids is 2. The summed E-state index contributed by atoms with van der Waals surface area (Å²) in [6, 6.07) is 15.6. The summed E-state index contributed by atoms with van der Waals surface area (Å²) in [4.78, 5) is 46.0. The number of benzene rings is 2. The lowest BCUT2D eigenvalue weighted by Crippen LogP contribution is -3.06. The van der Waals surface area contributed by atoms with Crippen molar-refractivity contribution in [2.45, 2.75) is 136 Å². The molecule has 14 heteroatoms. The summed E-state index contributed by atoms with van der Waals surface area (Å²) < 4.78 is 21.4. The van der Waals surface area contributed by atoms with E-state index in [1.54, 1.807) is 0 Å². The Hall–Kier alpha value is -4.50. The lowest BCUT2D eigenvalue weighted by atomic mass is 9.72. The fraction of sp³-hybridized carbons (Fsp3) is 0.633. The van der Waals surface area contributed by atoms with Crippen LogP contribution in [0.4, 0.5) is 0 Å². The molecule has 0 heterocycles. The van der Waals surface area contributed by atoms with Gasteiger partial charge in [0.2, 0.25) is 13.6 Å². The number of ether oxygens (including phenoxy) is 4. The van der Waals surface area contributed by atoms with E-state index in [1.807, 2.05) is 104 Å². The Morgan fingerprint density at radius 1 is 0.683 bits per heavy atom. The first kappa shape index (κ1) is 56.5. The zero-order valence-electron chi connectivity index (χ0n) is 38.8. The number of aliphatic carboxylic acids is 2. The number of hydrogen-bond acceptors (Lipinski definition) is 12. The van der Waals surface area contributed by atoms with E-state index in [0.29, 0.717) is 23.7 Å². The molecule has 63 heavy (non-hydrogen) atoms. The van der Waals surface area contributed by atoms with Gasteiger partial charge in [-0.05, 0) is 123 Å². The van der Waals surface area contributed by atoms with Crippen LogP contribution in [-0.2, 0) is 28.7 Å². The highest BCUT2D eigenvalue weighted by molar-refractivity contribution is 5.88. The van der Waals surface area contributed by atoms with Crippen molar-refractivity contribution in [1.29, 1.82) is 0 Å². The Bertz CT molecular complexity index is 1570. The van der Waals surface area contributed by atoms with Crippen molar-refractivity contribution < 1.29 is 63.5 Å². The minimum atomic E-state index is -1.51. The molecular formula is C49H78N2O12. The second kappa shape index (κ2) is 26.3. The van der Waals surface area contributed by atoms with Crippen LogP contribution in [0, 0.1) is 10.8 Å². The number of carboxylic acid groups (broad SMARTS) is 2. The van der Waals surface area contributed by atoms with Crippen molar-refractivity contribution in [2.75, 3.05) is 54.9 Å². The van der Waals surface area contributed by atoms with Crippen molar-refractivity contribution in [3.63, 3.8) is 0 Å². The van der Waals surface area contributed by atoms with Gasteiger partial charge in [-0.2, -0.15) is 0 Å². The Kier molecular flexibility index (Phi) is 23.6. The zero-order valence-corrected chi connectivity index (χ0v) is 38.8. The standard InChI is InChI=1S/2C22H35NO4.C4H4O4.CH4/c2*1-21(2,3)20(24)27-16-26-18-11-9-17(10-12-18)19(15-23(4)5)22(25)13-7-6-8-14-22;5-3(6)1-2-4(7)8;/h2*9-12,19,25H,6-8,13-16H2,1-5H3;1-2H,(H,5,6)(H,7,8);1H4/b;;2-1-;. The minimum absolute atomic E-state index is 0. The van der Waals surface area contributed by atoms with Gasteiger partial charge in [0.25, 0.3) is 0 Å². The van der Waals surface area contributed by atoms with Crippen LogP contribution in [-0.4, -0.2) is 110 Å². The number of hydrogen-bond donors (Lipinski definition) is 4. The van der Waals surface area contributed by atoms with E-state index in [9.17, 15) is 34.5 Å². The highest BCUT2D eigenvalue weighted by Crippen LogP contribution is 2.41. The van der Waals surface area contributed by atoms with E-state index in [2.05, 4.69) is 19.0 Å². The maximum Gasteiger partial charge on any atom is 0.328 e. The average Bonchev–Trinajstić information content (AvgIpc) is 3.19. The molecule has 14 nitrogen and oxygen atoms in total. The second-order valence-corrected chi connectivity index (χ2v) is 19.1. The third kappa shape index (κ3) is 20.7. The van der Waals surface area contributed by atoms with Crippen LogP contribution < -0.4 is 19.5 Å². The number of nitrogens with one attached hydrogen (secondary N) is 1. The van der Waals surface area contributed by atoms with Crippen LogP contribution in [0.1, 0.15) is 136 Å². The van der Waals surface area contributed by atoms with Crippen LogP contribution in [0.25, 0.3) is 0 Å². The molecule has 0 bridgehead atoms. The van der Waals surface area contributed by atoms with Crippen molar-refractivity contribution in [1.82, 2.24) is 4.90 Å². The van der Waals surface area contributed by atoms with E-state index in [1.165, 1.54) is 17.7 Å². The first-order valence-corrected chi connectivity index (χ1v) is 21.7. The molecule has 0 amide bonds. The number of quaternary nitrogens is 1. The van der Waals surface area contributed by atoms with Crippen molar-refractivity contribution >= 4 is 23.9 Å². The normalized spacial score (nSPS) is 16.8. The first-order chi connectivity index (χ1) is 28.9. The topological polar surface area (TPSA) is 197 Å². The number of carbonyl (C=O) groups is 4. The number of rotatable bonds is 16. The average molecular weight is 887 g/mol. The van der Waals surface area contributed by atoms with E-state index < -0.39 is 34.0 Å². The molecule has 2 fully saturated rings. The summed E-state index contributed by atoms with van der Waals surface area (Å²) in [7, 11) is 8.33. The summed E-state index contributed by atoms with van der Waals surface area (Å²) in [6.45, 7) is 12.4. The molecule has 2 aliphatic carbocycles. The molecule has 0 aromatic heterocycles. The van der Waals surface area contributed by atoms with Gasteiger partial charge in [-0.25, -0.2) is 4.79 Å². The van der Waals surface area contributed by atoms with E-state index in [-0.39, 0.29) is 44.8 Å². The van der Waals surface area contributed by atoms with Crippen LogP contribution in [0.15, 0.2) is 60.7 Å². The van der Waals surface area contributed by atoms with E-state index >= 15 is 0 Å². The third-order valence-electron chi connectivity index (χ3n) is 10.9. The second-order valence-electron chi connectivity index (χ2n) is 19.1. The molecule has 356 valence electrons. The molecule has 0 aliphatic heterocycles. The predicted octanol–water partition coefficient (Wildman–Crippen LogP) is 5.50. The third-order valence-corrected chi connectivity index (χ3v) is 10.9. The number of aliphatic hydroxyl groups is 2. The molecule has 2 unspecified atom stereocenters. The highest BCUT2D eigenvalue weighted by Gasteiger charge is 2.41. The number of nitrogens with zero attached hydrogens (tertiary/aromatic N) is 1. The summed E-state index contributed by atoms with van der Waals surface area (Å²) in [6.07, 6.45) is 11.2. The van der Waals surface area contributed by atoms with Gasteiger partial charge < -0.3 is 54.0 Å². The van der Waals surface area contributed by atoms with Gasteiger partial charge in [-0.15, -0.1) is 0 Å². The van der Waals surface area contributed by atoms with Crippen LogP contribution in [0.2, 0.25) is 0 Å². The highest BCUT2D eigenvalue weighted by atomic mass is 16.7. The van der Waals surface area contributed by atoms with Gasteiger partial charge in [0.15, 0.2) is 0 Å². The molecule has 2 saturated carbocycles. The predicted molar refractivity (Wildman–Crippen MR) is 241 cm³/mol. The molecule has 2 atom stereocenters. The fourth-order valence-electron chi connectivity index (χ4n) is 7.47. The number of likely N-dealkylation sites (N-methyl/N-ethyl adjacent to an activating group) is 2. The molecule has 0 saturated heterocycles. The maximum absolute atomic E-state index is 11.8. The van der Waals surface area contributed by atoms with Gasteiger partial charge >= 0.3 is 17.9 Å². The smallest absolute Gasteiger partial charge is 0.328 e. The molecule has 4 rings (SSSR count). The Balaban J connectivity index is 0.000000530. The summed E-state index contributed by atoms with van der Waals surface area (Å²) >= 11 is 0. The number of carbonyl (C=O) groups excluding carboxylic acids is 3. The minimum Gasteiger partial charge on any atom is -0.545 e. The van der Waals surface area contributed by atoms with Crippen LogP contribution in [0.3, 0.4) is 0 Å². The van der Waals surface area contributed by atoms with E-state index in [4.69, 9.17) is 24.1 Å². The van der Waals surface area contributed by atoms with Crippen molar-refractivity contribution in [2.24, 2.45) is 10.8 Å². The van der Waals surface area contributed by atoms with E-state index in [0.717, 1.165) is 75.6 Å². The molecule has 2 aliphatic rings. The number of esters is 2. The van der Waals surface area contributed by atoms with Crippen molar-refractivity contribution in [3.05, 3.63) is 71.8 Å². The monoisotopic (exact) mass is 887 g/mol. The molecular weight excluding hydrogens is 809 g/mol. The Morgan fingerprint density at radius 2 is 1.05 bits per heavy atom. The quantitative estimate of drug-likeness (QED) is 0.0938. The first-order valence-electron chi connectivity index (χ1n) is 21.7. The Labute approximate surface area is 376 Å². The van der Waals surface area contributed by atoms with Crippen LogP contribution in [0.5, 0.6) is 11.5 Å². The zero-order chi connectivity index (χ0) is 46.7. The van der Waals surface area contributed by atoms with Crippen LogP contribution >= 0.6 is 0 Å². The summed E-state index contributed by atoms with van der Waals surface area (Å²) in [5.74, 6) is -1.89. The lowest BCUT2D eigenvalue weighted by molar-refractivity contribution is -0.860. The summed E-state index contributed by atoms with van der Waals surface area (Å²) in [5, 5.41) is 39.8. The molecule has 4 N–H and O–H groups in total. The van der Waals surface area contributed by atoms with Gasteiger partial charge in [-0.1, -0.05) is 70.2 Å². The summed E-state index contributed by atoms with van der Waals surface area (Å²) in [5.41, 5.74) is -0.0912. The molecule has 0 radical (unpaired) electrons. The SMILES string of the molecule is C.CN(C)CC(c1ccc(OCOC(=O)C(C)(C)C)cc1)C1(O)CCCCC1.C[NH+](C)CC(c1ccc(OCOC(=O)C(C)(C)C)cc1)C1(O)CCCCC1.O=C([O-])/C=C\C(=O)O. The van der Waals surface area contributed by atoms with Crippen molar-refractivity contribution in [3.8, 4) is 11.5 Å². The largest absolute Gasteiger partial charge is 0.545 e.